The van der Waals surface area contributed by atoms with Crippen LogP contribution in [0.15, 0.2) is 48.8 Å². The highest BCUT2D eigenvalue weighted by atomic mass is 16.5. The van der Waals surface area contributed by atoms with E-state index in [1.807, 2.05) is 30.5 Å². The molecule has 0 aliphatic carbocycles. The fourth-order valence-corrected chi connectivity index (χ4v) is 3.13. The molecular weight excluding hydrogens is 330 g/mol. The van der Waals surface area contributed by atoms with E-state index >= 15 is 0 Å². The number of amides is 1. The maximum absolute atomic E-state index is 12.0. The predicted molar refractivity (Wildman–Crippen MR) is 101 cm³/mol. The lowest BCUT2D eigenvalue weighted by atomic mass is 9.96. The van der Waals surface area contributed by atoms with Gasteiger partial charge in [0, 0.05) is 25.8 Å². The molecule has 1 aliphatic heterocycles. The molecule has 6 heteroatoms. The first-order chi connectivity index (χ1) is 12.8. The number of carbonyl (C=O) groups is 1. The fourth-order valence-electron chi connectivity index (χ4n) is 3.13. The highest BCUT2D eigenvalue weighted by Crippen LogP contribution is 2.25. The van der Waals surface area contributed by atoms with Crippen LogP contribution in [0.2, 0.25) is 0 Å². The van der Waals surface area contributed by atoms with Gasteiger partial charge in [-0.25, -0.2) is 0 Å². The van der Waals surface area contributed by atoms with Gasteiger partial charge in [0.2, 0.25) is 0 Å². The van der Waals surface area contributed by atoms with E-state index in [4.69, 9.17) is 9.47 Å². The maximum atomic E-state index is 12.0. The third-order valence-corrected chi connectivity index (χ3v) is 4.64. The summed E-state index contributed by atoms with van der Waals surface area (Å²) in [6.07, 6.45) is 5.81. The minimum absolute atomic E-state index is 0.00506. The molecule has 0 spiro atoms. The zero-order valence-corrected chi connectivity index (χ0v) is 15.1. The number of para-hydroxylation sites is 2. The summed E-state index contributed by atoms with van der Waals surface area (Å²) < 4.78 is 10.8. The fraction of sp³-hybridized carbons (Fsp3) is 0.400. The molecule has 2 heterocycles. The molecule has 1 saturated heterocycles. The van der Waals surface area contributed by atoms with Gasteiger partial charge in [0.25, 0.3) is 5.91 Å². The van der Waals surface area contributed by atoms with E-state index in [0.29, 0.717) is 24.0 Å². The van der Waals surface area contributed by atoms with Crippen LogP contribution in [-0.2, 0) is 4.79 Å². The van der Waals surface area contributed by atoms with Gasteiger partial charge < -0.3 is 19.7 Å². The van der Waals surface area contributed by atoms with Gasteiger partial charge in [-0.15, -0.1) is 0 Å². The minimum Gasteiger partial charge on any atom is -0.493 e. The number of nitrogens with zero attached hydrogens (tertiary/aromatic N) is 2. The standard InChI is InChI=1S/C20H25N3O3/c1-25-18-6-2-3-7-19(18)26-15-20(24)22-13-16-8-11-23(12-9-16)17-5-4-10-21-14-17/h2-7,10,14,16H,8-9,11-13,15H2,1H3,(H,22,24). The molecule has 0 unspecified atom stereocenters. The van der Waals surface area contributed by atoms with Crippen molar-refractivity contribution in [3.05, 3.63) is 48.8 Å². The number of aromatic nitrogens is 1. The number of ether oxygens (including phenoxy) is 2. The van der Waals surface area contributed by atoms with Crippen LogP contribution < -0.4 is 19.7 Å². The van der Waals surface area contributed by atoms with Crippen LogP contribution >= 0.6 is 0 Å². The predicted octanol–water partition coefficient (Wildman–Crippen LogP) is 2.50. The first-order valence-corrected chi connectivity index (χ1v) is 8.93. The van der Waals surface area contributed by atoms with Gasteiger partial charge in [-0.2, -0.15) is 0 Å². The number of carbonyl (C=O) groups excluding carboxylic acids is 1. The molecule has 1 aromatic heterocycles. The van der Waals surface area contributed by atoms with Crippen molar-refractivity contribution in [2.45, 2.75) is 12.8 Å². The smallest absolute Gasteiger partial charge is 0.257 e. The molecule has 6 nitrogen and oxygen atoms in total. The van der Waals surface area contributed by atoms with Crippen LogP contribution in [-0.4, -0.2) is 44.2 Å². The van der Waals surface area contributed by atoms with E-state index < -0.39 is 0 Å². The van der Waals surface area contributed by atoms with Crippen molar-refractivity contribution in [2.75, 3.05) is 38.3 Å². The van der Waals surface area contributed by atoms with Crippen molar-refractivity contribution in [3.8, 4) is 11.5 Å². The number of hydrogen-bond acceptors (Lipinski definition) is 5. The summed E-state index contributed by atoms with van der Waals surface area (Å²) in [7, 11) is 1.58. The zero-order valence-electron chi connectivity index (χ0n) is 15.1. The lowest BCUT2D eigenvalue weighted by molar-refractivity contribution is -0.123. The second-order valence-electron chi connectivity index (χ2n) is 6.39. The Hall–Kier alpha value is -2.76. The van der Waals surface area contributed by atoms with Crippen LogP contribution in [0.4, 0.5) is 5.69 Å². The third-order valence-electron chi connectivity index (χ3n) is 4.64. The van der Waals surface area contributed by atoms with Crippen molar-refractivity contribution in [1.29, 1.82) is 0 Å². The van der Waals surface area contributed by atoms with Gasteiger partial charge >= 0.3 is 0 Å². The molecule has 1 aromatic carbocycles. The number of nitrogens with one attached hydrogen (secondary N) is 1. The Kier molecular flexibility index (Phi) is 6.30. The molecule has 1 aliphatic rings. The second-order valence-corrected chi connectivity index (χ2v) is 6.39. The van der Waals surface area contributed by atoms with Crippen LogP contribution in [0.1, 0.15) is 12.8 Å². The summed E-state index contributed by atoms with van der Waals surface area (Å²) in [6.45, 7) is 2.66. The molecule has 0 atom stereocenters. The van der Waals surface area contributed by atoms with Crippen LogP contribution in [0.25, 0.3) is 0 Å². The summed E-state index contributed by atoms with van der Waals surface area (Å²) in [5.41, 5.74) is 1.17. The van der Waals surface area contributed by atoms with Crippen LogP contribution in [0.3, 0.4) is 0 Å². The molecule has 0 saturated carbocycles. The Bertz CT molecular complexity index is 700. The average Bonchev–Trinajstić information content (AvgIpc) is 2.72. The van der Waals surface area contributed by atoms with E-state index in [1.165, 1.54) is 5.69 Å². The molecule has 1 amide bonds. The summed E-state index contributed by atoms with van der Waals surface area (Å²) >= 11 is 0. The second kappa shape index (κ2) is 9.08. The van der Waals surface area contributed by atoms with Gasteiger partial charge in [-0.05, 0) is 43.0 Å². The molecule has 1 fully saturated rings. The number of methoxy groups -OCH3 is 1. The van der Waals surface area contributed by atoms with E-state index in [9.17, 15) is 4.79 Å². The topological polar surface area (TPSA) is 63.7 Å². The highest BCUT2D eigenvalue weighted by Gasteiger charge is 2.20. The lowest BCUT2D eigenvalue weighted by Crippen LogP contribution is -2.39. The quantitative estimate of drug-likeness (QED) is 0.827. The van der Waals surface area contributed by atoms with Crippen molar-refractivity contribution in [1.82, 2.24) is 10.3 Å². The molecule has 2 aromatic rings. The van der Waals surface area contributed by atoms with E-state index in [1.54, 1.807) is 19.4 Å². The Morgan fingerprint density at radius 2 is 1.96 bits per heavy atom. The summed E-state index contributed by atoms with van der Waals surface area (Å²) in [5, 5.41) is 2.98. The largest absolute Gasteiger partial charge is 0.493 e. The Morgan fingerprint density at radius 3 is 2.65 bits per heavy atom. The van der Waals surface area contributed by atoms with E-state index in [-0.39, 0.29) is 12.5 Å². The monoisotopic (exact) mass is 355 g/mol. The molecule has 0 radical (unpaired) electrons. The minimum atomic E-state index is -0.106. The normalized spacial score (nSPS) is 14.7. The lowest BCUT2D eigenvalue weighted by Gasteiger charge is -2.33. The van der Waals surface area contributed by atoms with Crippen molar-refractivity contribution < 1.29 is 14.3 Å². The number of pyridine rings is 1. The first kappa shape index (κ1) is 18.0. The van der Waals surface area contributed by atoms with Crippen molar-refractivity contribution in [3.63, 3.8) is 0 Å². The molecular formula is C20H25N3O3. The number of benzene rings is 1. The Labute approximate surface area is 154 Å². The number of hydrogen-bond donors (Lipinski definition) is 1. The van der Waals surface area contributed by atoms with E-state index in [2.05, 4.69) is 21.3 Å². The maximum Gasteiger partial charge on any atom is 0.257 e. The van der Waals surface area contributed by atoms with Gasteiger partial charge in [0.05, 0.1) is 19.0 Å². The van der Waals surface area contributed by atoms with Gasteiger partial charge in [-0.1, -0.05) is 12.1 Å². The number of anilines is 1. The van der Waals surface area contributed by atoms with Gasteiger partial charge in [0.1, 0.15) is 0 Å². The number of rotatable bonds is 7. The SMILES string of the molecule is COc1ccccc1OCC(=O)NCC1CCN(c2cccnc2)CC1. The Morgan fingerprint density at radius 1 is 1.19 bits per heavy atom. The summed E-state index contributed by atoms with van der Waals surface area (Å²) in [5.74, 6) is 1.60. The Balaban J connectivity index is 1.38. The van der Waals surface area contributed by atoms with Crippen LogP contribution in [0.5, 0.6) is 11.5 Å². The molecule has 1 N–H and O–H groups in total. The van der Waals surface area contributed by atoms with Crippen molar-refractivity contribution >= 4 is 11.6 Å². The van der Waals surface area contributed by atoms with Crippen LogP contribution in [0, 0.1) is 5.92 Å². The van der Waals surface area contributed by atoms with Gasteiger partial charge in [-0.3, -0.25) is 9.78 Å². The molecule has 26 heavy (non-hydrogen) atoms. The van der Waals surface area contributed by atoms with Crippen molar-refractivity contribution in [2.24, 2.45) is 5.92 Å². The highest BCUT2D eigenvalue weighted by molar-refractivity contribution is 5.77. The molecule has 3 rings (SSSR count). The zero-order chi connectivity index (χ0) is 18.2. The third kappa shape index (κ3) is 4.88. The van der Waals surface area contributed by atoms with Gasteiger partial charge in [0.15, 0.2) is 18.1 Å². The molecule has 138 valence electrons. The first-order valence-electron chi connectivity index (χ1n) is 8.93. The average molecular weight is 355 g/mol. The number of piperidine rings is 1. The summed E-state index contributed by atoms with van der Waals surface area (Å²) in [6, 6.07) is 11.4. The molecule has 0 bridgehead atoms. The summed E-state index contributed by atoms with van der Waals surface area (Å²) in [4.78, 5) is 18.6. The van der Waals surface area contributed by atoms with E-state index in [0.717, 1.165) is 25.9 Å².